The molecule has 36 heavy (non-hydrogen) atoms. The molecule has 0 aromatic heterocycles. The van der Waals surface area contributed by atoms with Crippen LogP contribution >= 0.6 is 0 Å². The molecule has 0 atom stereocenters. The van der Waals surface area contributed by atoms with E-state index in [0.717, 1.165) is 68.8 Å². The van der Waals surface area contributed by atoms with E-state index in [-0.39, 0.29) is 6.10 Å². The summed E-state index contributed by atoms with van der Waals surface area (Å²) in [6, 6.07) is 4.48. The van der Waals surface area contributed by atoms with Crippen LogP contribution in [0.2, 0.25) is 0 Å². The summed E-state index contributed by atoms with van der Waals surface area (Å²) in [5, 5.41) is 0. The van der Waals surface area contributed by atoms with Gasteiger partial charge < -0.3 is 9.47 Å². The van der Waals surface area contributed by atoms with Crippen molar-refractivity contribution in [2.45, 2.75) is 115 Å². The minimum absolute atomic E-state index is 0.190. The average molecular weight is 507 g/mol. The van der Waals surface area contributed by atoms with Crippen LogP contribution in [0, 0.1) is 29.5 Å². The molecule has 0 spiro atoms. The van der Waals surface area contributed by atoms with E-state index in [1.54, 1.807) is 6.07 Å². The number of rotatable bonds is 9. The number of hydrogen-bond acceptors (Lipinski definition) is 2. The fourth-order valence-electron chi connectivity index (χ4n) is 6.40. The maximum absolute atomic E-state index is 14.6. The van der Waals surface area contributed by atoms with Gasteiger partial charge in [0.15, 0.2) is 18.2 Å². The lowest BCUT2D eigenvalue weighted by atomic mass is 9.78. The molecule has 0 radical (unpaired) electrons. The predicted molar refractivity (Wildman–Crippen MR) is 139 cm³/mol. The molecule has 202 valence electrons. The van der Waals surface area contributed by atoms with Crippen LogP contribution in [0.3, 0.4) is 0 Å². The van der Waals surface area contributed by atoms with Gasteiger partial charge in [-0.25, -0.2) is 4.39 Å². The van der Waals surface area contributed by atoms with Crippen molar-refractivity contribution in [3.8, 4) is 5.75 Å². The first-order chi connectivity index (χ1) is 17.3. The first kappa shape index (κ1) is 27.5. The van der Waals surface area contributed by atoms with Gasteiger partial charge in [0, 0.05) is 0 Å². The minimum Gasteiger partial charge on any atom is -0.428 e. The largest absolute Gasteiger partial charge is 0.428 e. The predicted octanol–water partition coefficient (Wildman–Crippen LogP) is 9.44. The maximum Gasteiger partial charge on any atom is 0.422 e. The number of allylic oxidation sites excluding steroid dienone is 2. The fraction of sp³-hybridized carbons (Fsp3) is 0.742. The highest BCUT2D eigenvalue weighted by Crippen LogP contribution is 2.38. The number of benzene rings is 1. The number of ether oxygens (including phenoxy) is 2. The summed E-state index contributed by atoms with van der Waals surface area (Å²) in [4.78, 5) is 0. The van der Waals surface area contributed by atoms with Gasteiger partial charge in [0.05, 0.1) is 6.10 Å². The summed E-state index contributed by atoms with van der Waals surface area (Å²) in [6.45, 7) is 3.70. The quantitative estimate of drug-likeness (QED) is 0.311. The molecule has 0 aliphatic heterocycles. The maximum atomic E-state index is 14.6. The molecule has 1 aromatic rings. The second kappa shape index (κ2) is 12.8. The third-order valence-electron chi connectivity index (χ3n) is 9.03. The minimum atomic E-state index is -3.56. The second-order valence-electron chi connectivity index (χ2n) is 11.8. The van der Waals surface area contributed by atoms with Crippen LogP contribution in [0.4, 0.5) is 13.2 Å². The first-order valence-corrected chi connectivity index (χ1v) is 14.5. The Kier molecular flexibility index (Phi) is 9.83. The zero-order valence-corrected chi connectivity index (χ0v) is 22.2. The van der Waals surface area contributed by atoms with E-state index in [1.807, 2.05) is 0 Å². The normalized spacial score (nSPS) is 32.0. The summed E-state index contributed by atoms with van der Waals surface area (Å²) >= 11 is 0. The molecular weight excluding hydrogens is 461 g/mol. The van der Waals surface area contributed by atoms with E-state index in [9.17, 15) is 13.2 Å². The lowest BCUT2D eigenvalue weighted by Crippen LogP contribution is -2.34. The van der Waals surface area contributed by atoms with E-state index in [2.05, 4.69) is 26.0 Å². The highest BCUT2D eigenvalue weighted by Gasteiger charge is 2.35. The Hall–Kier alpha value is -1.49. The van der Waals surface area contributed by atoms with E-state index in [0.29, 0.717) is 17.8 Å². The van der Waals surface area contributed by atoms with Crippen LogP contribution in [0.5, 0.6) is 5.75 Å². The van der Waals surface area contributed by atoms with Crippen LogP contribution in [-0.4, -0.2) is 18.8 Å². The topological polar surface area (TPSA) is 18.5 Å². The molecule has 3 fully saturated rings. The van der Waals surface area contributed by atoms with Crippen molar-refractivity contribution in [2.75, 3.05) is 6.61 Å². The number of hydrogen-bond donors (Lipinski definition) is 0. The van der Waals surface area contributed by atoms with Gasteiger partial charge in [-0.3, -0.25) is 0 Å². The average Bonchev–Trinajstić information content (AvgIpc) is 2.89. The third-order valence-corrected chi connectivity index (χ3v) is 9.03. The van der Waals surface area contributed by atoms with Gasteiger partial charge in [0.2, 0.25) is 0 Å². The van der Waals surface area contributed by atoms with Crippen LogP contribution < -0.4 is 4.74 Å². The molecule has 3 aliphatic carbocycles. The van der Waals surface area contributed by atoms with E-state index < -0.39 is 24.3 Å². The number of halogens is 3. The summed E-state index contributed by atoms with van der Waals surface area (Å²) < 4.78 is 53.9. The molecule has 0 bridgehead atoms. The monoisotopic (exact) mass is 506 g/mol. The van der Waals surface area contributed by atoms with Crippen molar-refractivity contribution in [2.24, 2.45) is 23.7 Å². The molecule has 0 saturated heterocycles. The Morgan fingerprint density at radius 3 is 2.06 bits per heavy atom. The molecular formula is C31H45F3O2. The summed E-state index contributed by atoms with van der Waals surface area (Å²) in [5.74, 6) is 2.02. The van der Waals surface area contributed by atoms with Gasteiger partial charge in [-0.15, -0.1) is 0 Å². The highest BCUT2D eigenvalue weighted by atomic mass is 19.3. The van der Waals surface area contributed by atoms with Gasteiger partial charge in [-0.1, -0.05) is 51.3 Å². The van der Waals surface area contributed by atoms with Gasteiger partial charge >= 0.3 is 6.11 Å². The van der Waals surface area contributed by atoms with Crippen molar-refractivity contribution in [3.63, 3.8) is 0 Å². The van der Waals surface area contributed by atoms with E-state index >= 15 is 0 Å². The second-order valence-corrected chi connectivity index (χ2v) is 11.8. The summed E-state index contributed by atoms with van der Waals surface area (Å²) in [7, 11) is 0. The van der Waals surface area contributed by atoms with Gasteiger partial charge in [-0.2, -0.15) is 8.78 Å². The van der Waals surface area contributed by atoms with E-state index in [1.165, 1.54) is 44.2 Å². The molecule has 0 heterocycles. The van der Waals surface area contributed by atoms with Gasteiger partial charge in [0.1, 0.15) is 0 Å². The Morgan fingerprint density at radius 2 is 1.47 bits per heavy atom. The lowest BCUT2D eigenvalue weighted by molar-refractivity contribution is -0.223. The van der Waals surface area contributed by atoms with Crippen molar-refractivity contribution in [1.29, 1.82) is 0 Å². The van der Waals surface area contributed by atoms with Crippen LogP contribution in [0.25, 0.3) is 0 Å². The molecule has 4 rings (SSSR count). The SMILES string of the molecule is CCC1CCC(c2ccc(OC(F)(F)COC3CCC(/C=C/C4CCC(C)CC4)CC3)c(F)c2)CC1. The fourth-order valence-corrected chi connectivity index (χ4v) is 6.40. The van der Waals surface area contributed by atoms with Gasteiger partial charge in [0.25, 0.3) is 0 Å². The van der Waals surface area contributed by atoms with Crippen molar-refractivity contribution >= 4 is 0 Å². The van der Waals surface area contributed by atoms with Crippen molar-refractivity contribution in [1.82, 2.24) is 0 Å². The van der Waals surface area contributed by atoms with Crippen molar-refractivity contribution in [3.05, 3.63) is 41.7 Å². The molecule has 5 heteroatoms. The van der Waals surface area contributed by atoms with Crippen LogP contribution in [0.15, 0.2) is 30.4 Å². The zero-order valence-electron chi connectivity index (χ0n) is 22.2. The van der Waals surface area contributed by atoms with Gasteiger partial charge in [-0.05, 0) is 111 Å². The van der Waals surface area contributed by atoms with Crippen molar-refractivity contribution < 1.29 is 22.6 Å². The Balaban J connectivity index is 1.19. The highest BCUT2D eigenvalue weighted by molar-refractivity contribution is 5.32. The molecule has 0 amide bonds. The Labute approximate surface area is 216 Å². The van der Waals surface area contributed by atoms with E-state index in [4.69, 9.17) is 9.47 Å². The van der Waals surface area contributed by atoms with Crippen LogP contribution in [-0.2, 0) is 4.74 Å². The third kappa shape index (κ3) is 8.00. The Morgan fingerprint density at radius 1 is 0.861 bits per heavy atom. The Bertz CT molecular complexity index is 830. The molecule has 1 aromatic carbocycles. The summed E-state index contributed by atoms with van der Waals surface area (Å²) in [5.41, 5.74) is 0.887. The number of alkyl halides is 2. The van der Waals surface area contributed by atoms with Crippen LogP contribution in [0.1, 0.15) is 109 Å². The lowest BCUT2D eigenvalue weighted by Gasteiger charge is -2.29. The first-order valence-electron chi connectivity index (χ1n) is 14.5. The molecule has 0 unspecified atom stereocenters. The molecule has 3 aliphatic rings. The zero-order chi connectivity index (χ0) is 25.5. The molecule has 3 saturated carbocycles. The summed E-state index contributed by atoms with van der Waals surface area (Å²) in [6.07, 6.45) is 15.2. The smallest absolute Gasteiger partial charge is 0.422 e. The standard InChI is InChI=1S/C31H45F3O2/c1-3-23-10-14-26(15-11-23)27-16-19-30(29(32)20-27)36-31(33,34)21-35-28-17-12-25(13-18-28)9-8-24-6-4-22(2)5-7-24/h8-9,16,19-20,22-26,28H,3-7,10-15,17-18,21H2,1-2H3/b9-8+. The molecule has 2 nitrogen and oxygen atoms in total. The molecule has 0 N–H and O–H groups in total.